The number of ketones is 1. The molecule has 2 aliphatic heterocycles. The van der Waals surface area contributed by atoms with Gasteiger partial charge in [-0.1, -0.05) is 51.2 Å². The average Bonchev–Trinajstić information content (AvgIpc) is 3.78. The number of methoxy groups -OCH3 is 1. The Hall–Kier alpha value is -3.79. The molecule has 6 aliphatic rings. The molecule has 2 unspecified atom stereocenters. The van der Waals surface area contributed by atoms with Crippen LogP contribution in [-0.4, -0.2) is 62.4 Å². The summed E-state index contributed by atoms with van der Waals surface area (Å²) in [6, 6.07) is 1.73. The lowest BCUT2D eigenvalue weighted by molar-refractivity contribution is -0.148. The highest BCUT2D eigenvalue weighted by molar-refractivity contribution is 6.18. The maximum atomic E-state index is 15.0. The van der Waals surface area contributed by atoms with Crippen LogP contribution in [0.4, 0.5) is 0 Å². The highest BCUT2D eigenvalue weighted by Gasteiger charge is 2.68. The third kappa shape index (κ3) is 5.19. The van der Waals surface area contributed by atoms with Crippen LogP contribution in [0, 0.1) is 28.6 Å². The number of fused-ring (bicyclic) bond motifs is 11. The number of aromatic nitrogens is 1. The molecule has 4 aliphatic carbocycles. The number of carbonyl (C=O) groups is 3. The molecule has 0 bridgehead atoms. The van der Waals surface area contributed by atoms with Crippen LogP contribution in [-0.2, 0) is 30.9 Å². The Labute approximate surface area is 337 Å². The minimum Gasteiger partial charge on any atom is -0.467 e. The maximum absolute atomic E-state index is 15.0. The van der Waals surface area contributed by atoms with Gasteiger partial charge < -0.3 is 29.6 Å². The Morgan fingerprint density at radius 2 is 1.75 bits per heavy atom. The normalized spacial score (nSPS) is 36.0. The molecule has 306 valence electrons. The lowest BCUT2D eigenvalue weighted by atomic mass is 9.40. The quantitative estimate of drug-likeness (QED) is 0.117. The molecule has 0 saturated heterocycles. The Morgan fingerprint density at radius 1 is 1.07 bits per heavy atom. The molecule has 0 radical (unpaired) electrons. The number of hydrogen-bond donors (Lipinski definition) is 3. The van der Waals surface area contributed by atoms with Crippen molar-refractivity contribution in [2.45, 2.75) is 149 Å². The Kier molecular flexibility index (Phi) is 8.68. The fourth-order valence-electron chi connectivity index (χ4n) is 13.3. The van der Waals surface area contributed by atoms with Crippen LogP contribution in [0.3, 0.4) is 0 Å². The Bertz CT molecular complexity index is 2270. The van der Waals surface area contributed by atoms with Crippen LogP contribution >= 0.6 is 0 Å². The van der Waals surface area contributed by atoms with Crippen LogP contribution < -0.4 is 5.32 Å². The SMILES string of the molecule is C=C(C)[C@H]1C(=O)c2c3c(cc4c5c(n1c24)[C@@]1(C)C(CC[C@H]2[C@](C)(/C=C/C=C(\C)C(=O)NC(C)(C)C(=O)OC)[C@@H](O)CC[C@@]21C)C5)C1=CC(C)(C)OC(C)(C)C1[C@@H]3O. The van der Waals surface area contributed by atoms with Crippen LogP contribution in [0.15, 0.2) is 48.1 Å². The monoisotopic (exact) mass is 778 g/mol. The van der Waals surface area contributed by atoms with Crippen molar-refractivity contribution in [1.82, 2.24) is 9.88 Å². The van der Waals surface area contributed by atoms with Crippen molar-refractivity contribution >= 4 is 34.1 Å². The van der Waals surface area contributed by atoms with Gasteiger partial charge >= 0.3 is 5.97 Å². The molecule has 2 saturated carbocycles. The minimum absolute atomic E-state index is 0.0102. The second-order valence-electron chi connectivity index (χ2n) is 20.6. The Balaban J connectivity index is 1.25. The summed E-state index contributed by atoms with van der Waals surface area (Å²) in [5, 5.41) is 28.0. The predicted molar refractivity (Wildman–Crippen MR) is 222 cm³/mol. The zero-order chi connectivity index (χ0) is 41.7. The van der Waals surface area contributed by atoms with Gasteiger partial charge in [-0.05, 0) is 134 Å². The number of aliphatic hydroxyl groups is 2. The largest absolute Gasteiger partial charge is 0.467 e. The molecule has 2 aromatic rings. The number of amides is 1. The first-order valence-electron chi connectivity index (χ1n) is 20.9. The minimum atomic E-state index is -1.18. The van der Waals surface area contributed by atoms with Crippen molar-refractivity contribution in [3.05, 3.63) is 76.0 Å². The number of esters is 1. The molecule has 9 nitrogen and oxygen atoms in total. The summed E-state index contributed by atoms with van der Waals surface area (Å²) < 4.78 is 13.7. The number of Topliss-reactive ketones (excluding diaryl/α,β-unsaturated/α-hetero) is 1. The van der Waals surface area contributed by atoms with E-state index in [-0.39, 0.29) is 34.4 Å². The molecule has 3 N–H and O–H groups in total. The van der Waals surface area contributed by atoms with Crippen molar-refractivity contribution in [2.75, 3.05) is 7.11 Å². The number of ether oxygens (including phenoxy) is 2. The van der Waals surface area contributed by atoms with Crippen LogP contribution in [0.2, 0.25) is 0 Å². The van der Waals surface area contributed by atoms with E-state index in [4.69, 9.17) is 9.47 Å². The summed E-state index contributed by atoms with van der Waals surface area (Å²) in [4.78, 5) is 40.3. The van der Waals surface area contributed by atoms with Gasteiger partial charge in [0, 0.05) is 39.0 Å². The predicted octanol–water partition coefficient (Wildman–Crippen LogP) is 8.17. The molecule has 9 heteroatoms. The number of rotatable bonds is 6. The van der Waals surface area contributed by atoms with Gasteiger partial charge in [-0.3, -0.25) is 9.59 Å². The summed E-state index contributed by atoms with van der Waals surface area (Å²) in [5.41, 5.74) is 4.61. The van der Waals surface area contributed by atoms with E-state index in [2.05, 4.69) is 69.3 Å². The van der Waals surface area contributed by atoms with Gasteiger partial charge in [-0.15, -0.1) is 0 Å². The second kappa shape index (κ2) is 12.4. The van der Waals surface area contributed by atoms with Crippen molar-refractivity contribution in [1.29, 1.82) is 0 Å². The van der Waals surface area contributed by atoms with E-state index in [0.717, 1.165) is 58.9 Å². The number of allylic oxidation sites excluding steroid dienone is 3. The summed E-state index contributed by atoms with van der Waals surface area (Å²) >= 11 is 0. The lowest BCUT2D eigenvalue weighted by Gasteiger charge is -2.64. The van der Waals surface area contributed by atoms with Gasteiger partial charge in [0.15, 0.2) is 5.78 Å². The molecule has 3 heterocycles. The fraction of sp³-hybridized carbons (Fsp3) is 0.604. The summed E-state index contributed by atoms with van der Waals surface area (Å²) in [6.45, 7) is 26.5. The third-order valence-corrected chi connectivity index (χ3v) is 15.9. The topological polar surface area (TPSA) is 127 Å². The smallest absolute Gasteiger partial charge is 0.330 e. The zero-order valence-corrected chi connectivity index (χ0v) is 36.0. The Morgan fingerprint density at radius 3 is 2.40 bits per heavy atom. The molecule has 2 fully saturated rings. The number of nitrogens with zero attached hydrogens (tertiary/aromatic N) is 1. The number of aliphatic hydroxyl groups excluding tert-OH is 2. The second-order valence-corrected chi connectivity index (χ2v) is 20.6. The first kappa shape index (κ1) is 40.0. The van der Waals surface area contributed by atoms with Crippen LogP contribution in [0.1, 0.15) is 147 Å². The van der Waals surface area contributed by atoms with Crippen molar-refractivity contribution < 1.29 is 34.1 Å². The van der Waals surface area contributed by atoms with E-state index in [9.17, 15) is 24.6 Å². The molecular weight excluding hydrogens is 717 g/mol. The standard InChI is InChI=1S/C48H62N2O7/c1-24(2)36-39(53)34-33-27(30-23-43(4,5)57-45(8,9)35(30)38(33)52)22-28-29-21-26-16-17-31-46(10,19-14-15-25(3)41(54)49-44(6,7)42(55)56-13)32(51)18-20-47(31,11)48(26,12)40(29)50(36)37(28)34/h14-15,19,22-23,26,31-32,35-36,38,51-52H,1,16-18,20-21H2,2-13H3,(H,49,54)/b19-14+,25-15+/t26?,31-,32-,35?,36-,38+,46-,47-,48+/m0/s1. The van der Waals surface area contributed by atoms with E-state index in [0.29, 0.717) is 23.5 Å². The van der Waals surface area contributed by atoms with E-state index in [1.54, 1.807) is 26.8 Å². The molecule has 9 atom stereocenters. The lowest BCUT2D eigenvalue weighted by Crippen LogP contribution is -2.62. The zero-order valence-electron chi connectivity index (χ0n) is 36.0. The number of carbonyl (C=O) groups excluding carboxylic acids is 3. The number of nitrogens with one attached hydrogen (secondary N) is 1. The first-order valence-corrected chi connectivity index (χ1v) is 20.9. The van der Waals surface area contributed by atoms with Crippen LogP contribution in [0.25, 0.3) is 16.5 Å². The van der Waals surface area contributed by atoms with E-state index in [1.165, 1.54) is 18.4 Å². The molecule has 8 rings (SSSR count). The molecule has 57 heavy (non-hydrogen) atoms. The van der Waals surface area contributed by atoms with Gasteiger partial charge in [-0.2, -0.15) is 0 Å². The van der Waals surface area contributed by atoms with Gasteiger partial charge in [0.25, 0.3) is 0 Å². The highest BCUT2D eigenvalue weighted by atomic mass is 16.5. The van der Waals surface area contributed by atoms with Gasteiger partial charge in [-0.25, -0.2) is 4.79 Å². The van der Waals surface area contributed by atoms with E-state index < -0.39 is 46.4 Å². The fourth-order valence-corrected chi connectivity index (χ4v) is 13.3. The molecule has 1 aromatic heterocycles. The highest BCUT2D eigenvalue weighted by Crippen LogP contribution is 2.71. The summed E-state index contributed by atoms with van der Waals surface area (Å²) in [6.07, 6.45) is 10.7. The number of hydrogen-bond acceptors (Lipinski definition) is 7. The van der Waals surface area contributed by atoms with Gasteiger partial charge in [0.1, 0.15) is 11.6 Å². The first-order chi connectivity index (χ1) is 26.4. The average molecular weight is 779 g/mol. The van der Waals surface area contributed by atoms with Gasteiger partial charge in [0.05, 0.1) is 41.6 Å². The van der Waals surface area contributed by atoms with E-state index in [1.807, 2.05) is 26.8 Å². The third-order valence-electron chi connectivity index (χ3n) is 15.9. The van der Waals surface area contributed by atoms with Crippen LogP contribution in [0.5, 0.6) is 0 Å². The number of benzene rings is 1. The van der Waals surface area contributed by atoms with Crippen molar-refractivity contribution in [2.24, 2.45) is 28.6 Å². The van der Waals surface area contributed by atoms with E-state index >= 15 is 0 Å². The molecule has 1 aromatic carbocycles. The molecule has 1 amide bonds. The summed E-state index contributed by atoms with van der Waals surface area (Å²) in [5.74, 6) is -0.722. The van der Waals surface area contributed by atoms with Crippen molar-refractivity contribution in [3.63, 3.8) is 0 Å². The molecular formula is C48H62N2O7. The van der Waals surface area contributed by atoms with Crippen molar-refractivity contribution in [3.8, 4) is 0 Å². The van der Waals surface area contributed by atoms with Gasteiger partial charge in [0.2, 0.25) is 5.91 Å². The maximum Gasteiger partial charge on any atom is 0.330 e. The summed E-state index contributed by atoms with van der Waals surface area (Å²) in [7, 11) is 1.30. The molecule has 0 spiro atoms.